The highest BCUT2D eigenvalue weighted by molar-refractivity contribution is 5.76. The summed E-state index contributed by atoms with van der Waals surface area (Å²) in [5.41, 5.74) is 0. The van der Waals surface area contributed by atoms with Gasteiger partial charge in [-0.25, -0.2) is 0 Å². The quantitative estimate of drug-likeness (QED) is 0.0417. The lowest BCUT2D eigenvalue weighted by atomic mass is 10.0. The highest BCUT2D eigenvalue weighted by Crippen LogP contribution is 2.18. The molecule has 0 aromatic heterocycles. The zero-order chi connectivity index (χ0) is 47.2. The molecular weight excluding hydrogens is 803 g/mol. The Morgan fingerprint density at radius 1 is 0.369 bits per heavy atom. The topological polar surface area (TPSA) is 95.9 Å². The van der Waals surface area contributed by atoms with Gasteiger partial charge in [0.2, 0.25) is 5.91 Å². The number of carbonyl (C=O) groups excluding carboxylic acids is 2. The zero-order valence-corrected chi connectivity index (χ0v) is 44.3. The van der Waals surface area contributed by atoms with Crippen LogP contribution in [-0.4, -0.2) is 47.4 Å². The Morgan fingerprint density at radius 2 is 0.631 bits per heavy atom. The van der Waals surface area contributed by atoms with Crippen LogP contribution in [0.15, 0.2) is 0 Å². The van der Waals surface area contributed by atoms with E-state index in [4.69, 9.17) is 4.74 Å². The van der Waals surface area contributed by atoms with Crippen molar-refractivity contribution in [3.8, 4) is 0 Å². The fraction of sp³-hybridized carbons (Fsp3) is 0.966. The number of ether oxygens (including phenoxy) is 1. The number of aliphatic hydroxyl groups excluding tert-OH is 2. The van der Waals surface area contributed by atoms with Gasteiger partial charge >= 0.3 is 5.97 Å². The molecule has 2 atom stereocenters. The molecule has 0 aliphatic heterocycles. The van der Waals surface area contributed by atoms with Crippen LogP contribution in [0.2, 0.25) is 0 Å². The molecule has 0 rings (SSSR count). The average molecular weight is 921 g/mol. The molecule has 0 aliphatic rings. The number of carbonyl (C=O) groups is 2. The fourth-order valence-electron chi connectivity index (χ4n) is 9.58. The van der Waals surface area contributed by atoms with Crippen molar-refractivity contribution in [2.75, 3.05) is 13.2 Å². The van der Waals surface area contributed by atoms with Gasteiger partial charge in [0, 0.05) is 12.8 Å². The van der Waals surface area contributed by atoms with E-state index >= 15 is 0 Å². The molecule has 2 unspecified atom stereocenters. The van der Waals surface area contributed by atoms with E-state index in [9.17, 15) is 19.8 Å². The van der Waals surface area contributed by atoms with Crippen molar-refractivity contribution in [1.29, 1.82) is 0 Å². The van der Waals surface area contributed by atoms with Crippen molar-refractivity contribution in [3.63, 3.8) is 0 Å². The molecule has 6 heteroatoms. The van der Waals surface area contributed by atoms with Crippen molar-refractivity contribution >= 4 is 11.9 Å². The molecular formula is C59H117NO5. The number of hydrogen-bond donors (Lipinski definition) is 3. The van der Waals surface area contributed by atoms with Crippen LogP contribution in [0.25, 0.3) is 0 Å². The number of aliphatic hydroxyl groups is 2. The molecule has 0 aromatic carbocycles. The summed E-state index contributed by atoms with van der Waals surface area (Å²) in [6.45, 7) is 4.97. The van der Waals surface area contributed by atoms with Gasteiger partial charge in [-0.2, -0.15) is 0 Å². The molecule has 0 aromatic rings. The first-order chi connectivity index (χ1) is 32.0. The third-order valence-electron chi connectivity index (χ3n) is 14.2. The van der Waals surface area contributed by atoms with Gasteiger partial charge in [0.15, 0.2) is 0 Å². The Morgan fingerprint density at radius 3 is 0.938 bits per heavy atom. The van der Waals surface area contributed by atoms with Crippen LogP contribution in [-0.2, 0) is 14.3 Å². The standard InChI is InChI=1S/C59H117NO5/c1-3-5-7-9-11-13-15-17-19-20-21-22-25-29-33-37-41-45-49-53-59(64)65-54-50-46-42-38-34-30-26-23-24-28-32-36-40-44-48-52-58(63)60-56(55-61)57(62)51-47-43-39-35-31-27-18-16-14-12-10-8-6-4-2/h56-57,61-62H,3-55H2,1-2H3,(H,60,63). The maximum absolute atomic E-state index is 12.5. The summed E-state index contributed by atoms with van der Waals surface area (Å²) in [5.74, 6) is -0.0343. The first-order valence-electron chi connectivity index (χ1n) is 29.8. The minimum absolute atomic E-state index is 0.00647. The molecule has 0 fully saturated rings. The maximum atomic E-state index is 12.5. The molecule has 0 heterocycles. The minimum Gasteiger partial charge on any atom is -0.466 e. The molecule has 0 radical (unpaired) electrons. The zero-order valence-electron chi connectivity index (χ0n) is 44.3. The summed E-state index contributed by atoms with van der Waals surface area (Å²) < 4.78 is 5.49. The van der Waals surface area contributed by atoms with Crippen LogP contribution in [0.1, 0.15) is 341 Å². The number of rotatable bonds is 56. The van der Waals surface area contributed by atoms with Crippen LogP contribution in [0.4, 0.5) is 0 Å². The third kappa shape index (κ3) is 52.1. The average Bonchev–Trinajstić information content (AvgIpc) is 3.31. The Hall–Kier alpha value is -1.14. The van der Waals surface area contributed by atoms with Crippen LogP contribution in [0.3, 0.4) is 0 Å². The number of esters is 1. The fourth-order valence-corrected chi connectivity index (χ4v) is 9.58. The first kappa shape index (κ1) is 63.9. The Bertz CT molecular complexity index is 928. The van der Waals surface area contributed by atoms with E-state index in [1.165, 1.54) is 263 Å². The predicted octanol–water partition coefficient (Wildman–Crippen LogP) is 18.3. The van der Waals surface area contributed by atoms with E-state index < -0.39 is 12.1 Å². The molecule has 65 heavy (non-hydrogen) atoms. The van der Waals surface area contributed by atoms with E-state index in [-0.39, 0.29) is 18.5 Å². The second kappa shape index (κ2) is 55.5. The molecule has 388 valence electrons. The molecule has 0 spiro atoms. The van der Waals surface area contributed by atoms with Crippen LogP contribution < -0.4 is 5.32 Å². The van der Waals surface area contributed by atoms with E-state index in [0.29, 0.717) is 25.9 Å². The second-order valence-corrected chi connectivity index (χ2v) is 20.7. The van der Waals surface area contributed by atoms with E-state index in [0.717, 1.165) is 44.9 Å². The molecule has 0 saturated carbocycles. The van der Waals surface area contributed by atoms with Gasteiger partial charge < -0.3 is 20.3 Å². The molecule has 6 nitrogen and oxygen atoms in total. The highest BCUT2D eigenvalue weighted by atomic mass is 16.5. The van der Waals surface area contributed by atoms with Gasteiger partial charge in [-0.1, -0.05) is 303 Å². The summed E-state index contributed by atoms with van der Waals surface area (Å²) in [7, 11) is 0. The summed E-state index contributed by atoms with van der Waals surface area (Å²) in [6, 6.07) is -0.546. The second-order valence-electron chi connectivity index (χ2n) is 20.7. The number of unbranched alkanes of at least 4 members (excludes halogenated alkanes) is 45. The summed E-state index contributed by atoms with van der Waals surface area (Å²) >= 11 is 0. The summed E-state index contributed by atoms with van der Waals surface area (Å²) in [4.78, 5) is 24.6. The van der Waals surface area contributed by atoms with Crippen molar-refractivity contribution in [2.24, 2.45) is 0 Å². The molecule has 0 saturated heterocycles. The van der Waals surface area contributed by atoms with Gasteiger partial charge in [0.25, 0.3) is 0 Å². The van der Waals surface area contributed by atoms with Gasteiger partial charge in [0.05, 0.1) is 25.4 Å². The van der Waals surface area contributed by atoms with E-state index in [1.54, 1.807) is 0 Å². The molecule has 3 N–H and O–H groups in total. The first-order valence-corrected chi connectivity index (χ1v) is 29.8. The van der Waals surface area contributed by atoms with Gasteiger partial charge in [-0.3, -0.25) is 9.59 Å². The molecule has 1 amide bonds. The predicted molar refractivity (Wildman–Crippen MR) is 283 cm³/mol. The van der Waals surface area contributed by atoms with Crippen LogP contribution >= 0.6 is 0 Å². The monoisotopic (exact) mass is 920 g/mol. The summed E-state index contributed by atoms with van der Waals surface area (Å²) in [6.07, 6.45) is 63.8. The molecule has 0 aliphatic carbocycles. The van der Waals surface area contributed by atoms with Crippen molar-refractivity contribution in [1.82, 2.24) is 5.32 Å². The Labute approximate surface area is 406 Å². The number of hydrogen-bond acceptors (Lipinski definition) is 5. The Kier molecular flexibility index (Phi) is 54.5. The lowest BCUT2D eigenvalue weighted by Gasteiger charge is -2.22. The van der Waals surface area contributed by atoms with Crippen LogP contribution in [0, 0.1) is 0 Å². The highest BCUT2D eigenvalue weighted by Gasteiger charge is 2.20. The molecule has 0 bridgehead atoms. The van der Waals surface area contributed by atoms with Gasteiger partial charge in [-0.05, 0) is 25.7 Å². The lowest BCUT2D eigenvalue weighted by Crippen LogP contribution is -2.45. The summed E-state index contributed by atoms with van der Waals surface area (Å²) in [5, 5.41) is 23.3. The van der Waals surface area contributed by atoms with E-state index in [2.05, 4.69) is 19.2 Å². The number of amides is 1. The van der Waals surface area contributed by atoms with Crippen molar-refractivity contribution in [2.45, 2.75) is 353 Å². The van der Waals surface area contributed by atoms with Crippen LogP contribution in [0.5, 0.6) is 0 Å². The lowest BCUT2D eigenvalue weighted by molar-refractivity contribution is -0.143. The number of nitrogens with one attached hydrogen (secondary N) is 1. The van der Waals surface area contributed by atoms with E-state index in [1.807, 2.05) is 0 Å². The Balaban J connectivity index is 3.38. The normalized spacial score (nSPS) is 12.5. The minimum atomic E-state index is -0.668. The van der Waals surface area contributed by atoms with Gasteiger partial charge in [-0.15, -0.1) is 0 Å². The smallest absolute Gasteiger partial charge is 0.305 e. The largest absolute Gasteiger partial charge is 0.466 e. The van der Waals surface area contributed by atoms with Crippen molar-refractivity contribution < 1.29 is 24.5 Å². The SMILES string of the molecule is CCCCCCCCCCCCCCCCCCCCCC(=O)OCCCCCCCCCCCCCCCCCC(=O)NC(CO)C(O)CCCCCCCCCCCCCCCC. The third-order valence-corrected chi connectivity index (χ3v) is 14.2. The maximum Gasteiger partial charge on any atom is 0.305 e. The van der Waals surface area contributed by atoms with Crippen molar-refractivity contribution in [3.05, 3.63) is 0 Å². The van der Waals surface area contributed by atoms with Gasteiger partial charge in [0.1, 0.15) is 0 Å².